The van der Waals surface area contributed by atoms with Gasteiger partial charge in [0.15, 0.2) is 5.96 Å². The van der Waals surface area contributed by atoms with E-state index in [1.165, 1.54) is 36.9 Å². The number of aryl methyl sites for hydroxylation is 2. The summed E-state index contributed by atoms with van der Waals surface area (Å²) >= 11 is 0. The number of rotatable bonds is 8. The highest BCUT2D eigenvalue weighted by Gasteiger charge is 2.08. The van der Waals surface area contributed by atoms with E-state index in [1.54, 1.807) is 0 Å². The van der Waals surface area contributed by atoms with Crippen molar-refractivity contribution in [3.05, 3.63) is 17.0 Å². The number of nitrogens with one attached hydrogen (secondary N) is 2. The highest BCUT2D eigenvalue weighted by Crippen LogP contribution is 2.12. The van der Waals surface area contributed by atoms with Gasteiger partial charge in [-0.3, -0.25) is 4.68 Å². The van der Waals surface area contributed by atoms with Gasteiger partial charge in [-0.1, -0.05) is 26.2 Å². The monoisotopic (exact) mass is 421 g/mol. The first-order valence-corrected chi connectivity index (χ1v) is 8.11. The number of nitrogens with zero attached hydrogens (tertiary/aromatic N) is 3. The molecule has 1 rings (SSSR count). The lowest BCUT2D eigenvalue weighted by molar-refractivity contribution is 0.647. The lowest BCUT2D eigenvalue weighted by Gasteiger charge is -2.11. The fraction of sp³-hybridized carbons (Fsp3) is 0.750. The Morgan fingerprint density at radius 2 is 1.86 bits per heavy atom. The molecule has 0 spiro atoms. The van der Waals surface area contributed by atoms with Gasteiger partial charge in [0.2, 0.25) is 0 Å². The van der Waals surface area contributed by atoms with Crippen LogP contribution in [0, 0.1) is 13.8 Å². The molecular weight excluding hydrogens is 389 g/mol. The van der Waals surface area contributed by atoms with Crippen LogP contribution in [0.2, 0.25) is 0 Å². The van der Waals surface area contributed by atoms with Crippen LogP contribution in [0.3, 0.4) is 0 Å². The lowest BCUT2D eigenvalue weighted by atomic mass is 10.2. The maximum absolute atomic E-state index is 4.68. The summed E-state index contributed by atoms with van der Waals surface area (Å²) < 4.78 is 1.92. The summed E-state index contributed by atoms with van der Waals surface area (Å²) in [4.78, 5) is 4.68. The first-order valence-electron chi connectivity index (χ1n) is 8.11. The van der Waals surface area contributed by atoms with E-state index in [0.29, 0.717) is 6.54 Å². The molecule has 1 aromatic heterocycles. The third-order valence-corrected chi connectivity index (χ3v) is 3.72. The predicted octanol–water partition coefficient (Wildman–Crippen LogP) is 3.29. The van der Waals surface area contributed by atoms with E-state index >= 15 is 0 Å². The predicted molar refractivity (Wildman–Crippen MR) is 105 cm³/mol. The van der Waals surface area contributed by atoms with Crippen LogP contribution < -0.4 is 10.6 Å². The smallest absolute Gasteiger partial charge is 0.191 e. The third kappa shape index (κ3) is 6.98. The fourth-order valence-electron chi connectivity index (χ4n) is 2.30. The lowest BCUT2D eigenvalue weighted by Crippen LogP contribution is -2.37. The quantitative estimate of drug-likeness (QED) is 0.293. The molecule has 0 saturated carbocycles. The first-order chi connectivity index (χ1) is 10.1. The Morgan fingerprint density at radius 1 is 1.14 bits per heavy atom. The van der Waals surface area contributed by atoms with Crippen LogP contribution in [-0.4, -0.2) is 28.8 Å². The molecule has 1 heterocycles. The number of aliphatic imine (C=N–C) groups is 1. The average Bonchev–Trinajstić information content (AvgIpc) is 2.69. The van der Waals surface area contributed by atoms with Gasteiger partial charge < -0.3 is 10.6 Å². The van der Waals surface area contributed by atoms with Crippen molar-refractivity contribution in [2.75, 3.05) is 13.1 Å². The van der Waals surface area contributed by atoms with Gasteiger partial charge in [-0.15, -0.1) is 24.0 Å². The van der Waals surface area contributed by atoms with Crippen molar-refractivity contribution < 1.29 is 0 Å². The standard InChI is InChI=1S/C16H31N5.HI/c1-6-8-9-10-11-18-16(17-7-2)19-12-15-13(3)20-21(5)14(15)4;/h6-12H2,1-5H3,(H2,17,18,19);1H. The van der Waals surface area contributed by atoms with Crippen molar-refractivity contribution in [3.63, 3.8) is 0 Å². The zero-order chi connectivity index (χ0) is 15.7. The van der Waals surface area contributed by atoms with Gasteiger partial charge in [-0.05, 0) is 27.2 Å². The molecule has 0 aromatic carbocycles. The number of aromatic nitrogens is 2. The van der Waals surface area contributed by atoms with Crippen LogP contribution in [0.5, 0.6) is 0 Å². The van der Waals surface area contributed by atoms with Crippen LogP contribution in [0.25, 0.3) is 0 Å². The largest absolute Gasteiger partial charge is 0.357 e. The molecule has 128 valence electrons. The Balaban J connectivity index is 0.00000441. The second kappa shape index (κ2) is 11.7. The highest BCUT2D eigenvalue weighted by atomic mass is 127. The van der Waals surface area contributed by atoms with Crippen molar-refractivity contribution in [1.82, 2.24) is 20.4 Å². The zero-order valence-electron chi connectivity index (χ0n) is 14.7. The molecular formula is C16H32IN5. The minimum absolute atomic E-state index is 0. The van der Waals surface area contributed by atoms with Crippen LogP contribution in [0.15, 0.2) is 4.99 Å². The molecule has 6 heteroatoms. The van der Waals surface area contributed by atoms with Crippen molar-refractivity contribution >= 4 is 29.9 Å². The summed E-state index contributed by atoms with van der Waals surface area (Å²) in [6.45, 7) is 11.0. The maximum Gasteiger partial charge on any atom is 0.191 e. The molecule has 2 N–H and O–H groups in total. The molecule has 0 aliphatic heterocycles. The number of hydrogen-bond acceptors (Lipinski definition) is 2. The Hall–Kier alpha value is -0.790. The molecule has 1 aromatic rings. The molecule has 0 unspecified atom stereocenters. The second-order valence-electron chi connectivity index (χ2n) is 5.46. The summed E-state index contributed by atoms with van der Waals surface area (Å²) in [6.07, 6.45) is 5.06. The number of halogens is 1. The molecule has 0 fully saturated rings. The summed E-state index contributed by atoms with van der Waals surface area (Å²) in [6, 6.07) is 0. The Bertz CT molecular complexity index is 454. The minimum atomic E-state index is 0. The first kappa shape index (κ1) is 21.2. The van der Waals surface area contributed by atoms with E-state index in [9.17, 15) is 0 Å². The molecule has 22 heavy (non-hydrogen) atoms. The van der Waals surface area contributed by atoms with Crippen LogP contribution in [-0.2, 0) is 13.6 Å². The molecule has 0 bridgehead atoms. The van der Waals surface area contributed by atoms with E-state index in [-0.39, 0.29) is 24.0 Å². The van der Waals surface area contributed by atoms with Crippen molar-refractivity contribution in [2.45, 2.75) is 59.9 Å². The third-order valence-electron chi connectivity index (χ3n) is 3.72. The Labute approximate surface area is 152 Å². The minimum Gasteiger partial charge on any atom is -0.357 e. The summed E-state index contributed by atoms with van der Waals surface area (Å²) in [5, 5.41) is 11.1. The van der Waals surface area contributed by atoms with Gasteiger partial charge in [0, 0.05) is 31.4 Å². The van der Waals surface area contributed by atoms with Gasteiger partial charge in [0.1, 0.15) is 0 Å². The van der Waals surface area contributed by atoms with E-state index in [1.807, 2.05) is 18.7 Å². The van der Waals surface area contributed by atoms with Gasteiger partial charge in [0.05, 0.1) is 12.2 Å². The molecule has 0 atom stereocenters. The summed E-state index contributed by atoms with van der Waals surface area (Å²) in [5.41, 5.74) is 3.48. The van der Waals surface area contributed by atoms with E-state index < -0.39 is 0 Å². The van der Waals surface area contributed by atoms with Crippen LogP contribution in [0.4, 0.5) is 0 Å². The Morgan fingerprint density at radius 3 is 2.41 bits per heavy atom. The normalized spacial score (nSPS) is 11.2. The second-order valence-corrected chi connectivity index (χ2v) is 5.46. The van der Waals surface area contributed by atoms with E-state index in [0.717, 1.165) is 24.7 Å². The number of hydrogen-bond donors (Lipinski definition) is 2. The van der Waals surface area contributed by atoms with Crippen molar-refractivity contribution in [3.8, 4) is 0 Å². The van der Waals surface area contributed by atoms with Crippen molar-refractivity contribution in [2.24, 2.45) is 12.0 Å². The van der Waals surface area contributed by atoms with Gasteiger partial charge in [-0.25, -0.2) is 4.99 Å². The van der Waals surface area contributed by atoms with Gasteiger partial charge in [0.25, 0.3) is 0 Å². The van der Waals surface area contributed by atoms with E-state index in [4.69, 9.17) is 0 Å². The summed E-state index contributed by atoms with van der Waals surface area (Å²) in [5.74, 6) is 0.900. The molecule has 0 amide bonds. The molecule has 0 aliphatic rings. The van der Waals surface area contributed by atoms with Gasteiger partial charge >= 0.3 is 0 Å². The number of unbranched alkanes of at least 4 members (excludes halogenated alkanes) is 3. The molecule has 0 radical (unpaired) electrons. The average molecular weight is 421 g/mol. The van der Waals surface area contributed by atoms with E-state index in [2.05, 4.69) is 41.5 Å². The fourth-order valence-corrected chi connectivity index (χ4v) is 2.30. The van der Waals surface area contributed by atoms with Gasteiger partial charge in [-0.2, -0.15) is 5.10 Å². The zero-order valence-corrected chi connectivity index (χ0v) is 17.0. The summed E-state index contributed by atoms with van der Waals surface area (Å²) in [7, 11) is 1.98. The topological polar surface area (TPSA) is 54.2 Å². The molecule has 0 saturated heterocycles. The maximum atomic E-state index is 4.68. The van der Waals surface area contributed by atoms with Crippen molar-refractivity contribution in [1.29, 1.82) is 0 Å². The molecule has 0 aliphatic carbocycles. The molecule has 5 nitrogen and oxygen atoms in total. The van der Waals surface area contributed by atoms with Crippen LogP contribution >= 0.6 is 24.0 Å². The van der Waals surface area contributed by atoms with Crippen LogP contribution in [0.1, 0.15) is 56.5 Å². The number of guanidine groups is 1. The SMILES string of the molecule is CCCCCCNC(=NCc1c(C)nn(C)c1C)NCC.I. The Kier molecular flexibility index (Phi) is 11.3. The highest BCUT2D eigenvalue weighted by molar-refractivity contribution is 14.0.